The molecule has 0 amide bonds. The van der Waals surface area contributed by atoms with E-state index in [-0.39, 0.29) is 35.0 Å². The van der Waals surface area contributed by atoms with Crippen LogP contribution in [-0.4, -0.2) is 35.5 Å². The molecule has 0 unspecified atom stereocenters. The number of cyclic esters (lactones) is 1. The summed E-state index contributed by atoms with van der Waals surface area (Å²) in [6, 6.07) is 1.84. The minimum absolute atomic E-state index is 0.00639. The van der Waals surface area contributed by atoms with Crippen LogP contribution in [0.1, 0.15) is 72.5 Å². The minimum Gasteiger partial charge on any atom is -0.472 e. The molecule has 0 N–H and O–H groups in total. The average Bonchev–Trinajstić information content (AvgIpc) is 3.35. The number of esters is 2. The Balaban J connectivity index is 1.55. The Labute approximate surface area is 205 Å². The van der Waals surface area contributed by atoms with Gasteiger partial charge in [0.1, 0.15) is 17.8 Å². The summed E-state index contributed by atoms with van der Waals surface area (Å²) >= 11 is 0. The highest BCUT2D eigenvalue weighted by molar-refractivity contribution is 5.95. The van der Waals surface area contributed by atoms with Gasteiger partial charge in [-0.05, 0) is 48.7 Å². The third-order valence-corrected chi connectivity index (χ3v) is 10.8. The van der Waals surface area contributed by atoms with Crippen LogP contribution in [0, 0.1) is 33.5 Å². The molecule has 3 heterocycles. The van der Waals surface area contributed by atoms with Crippen molar-refractivity contribution in [1.29, 1.82) is 0 Å². The molecule has 7 nitrogen and oxygen atoms in total. The molecule has 2 saturated heterocycles. The van der Waals surface area contributed by atoms with E-state index in [2.05, 4.69) is 26.8 Å². The smallest absolute Gasteiger partial charge is 0.339 e. The Bertz CT molecular complexity index is 1150. The van der Waals surface area contributed by atoms with Crippen molar-refractivity contribution < 1.29 is 33.0 Å². The van der Waals surface area contributed by atoms with Gasteiger partial charge < -0.3 is 18.6 Å². The molecule has 1 aromatic heterocycles. The van der Waals surface area contributed by atoms with Crippen molar-refractivity contribution in [2.24, 2.45) is 33.5 Å². The molecule has 0 bridgehead atoms. The first kappa shape index (κ1) is 23.0. The van der Waals surface area contributed by atoms with Crippen LogP contribution >= 0.6 is 0 Å². The van der Waals surface area contributed by atoms with E-state index >= 15 is 0 Å². The average molecular weight is 483 g/mol. The van der Waals surface area contributed by atoms with Crippen LogP contribution in [0.3, 0.4) is 0 Å². The Morgan fingerprint density at radius 2 is 1.83 bits per heavy atom. The minimum atomic E-state index is -0.853. The molecular formula is C28H34O7. The van der Waals surface area contributed by atoms with E-state index in [0.717, 1.165) is 18.4 Å². The number of allylic oxidation sites excluding steroid dienone is 2. The molecule has 5 aliphatic rings. The quantitative estimate of drug-likeness (QED) is 0.450. The number of carbonyl (C=O) groups is 3. The third-order valence-electron chi connectivity index (χ3n) is 10.8. The number of epoxide rings is 1. The maximum atomic E-state index is 13.2. The molecule has 1 aromatic rings. The van der Waals surface area contributed by atoms with Crippen LogP contribution in [0.4, 0.5) is 0 Å². The van der Waals surface area contributed by atoms with Gasteiger partial charge in [-0.1, -0.05) is 40.7 Å². The predicted octanol–water partition coefficient (Wildman–Crippen LogP) is 4.56. The van der Waals surface area contributed by atoms with E-state index in [1.807, 2.05) is 19.9 Å². The topological polar surface area (TPSA) is 95.3 Å². The van der Waals surface area contributed by atoms with E-state index in [4.69, 9.17) is 18.6 Å². The van der Waals surface area contributed by atoms with E-state index in [0.29, 0.717) is 6.42 Å². The molecule has 4 fully saturated rings. The second kappa shape index (κ2) is 6.67. The fourth-order valence-electron chi connectivity index (χ4n) is 9.20. The fourth-order valence-corrected chi connectivity index (χ4v) is 9.20. The number of fused-ring (bicyclic) bond motifs is 3. The Morgan fingerprint density at radius 1 is 1.09 bits per heavy atom. The number of carbonyl (C=O) groups excluding carboxylic acids is 3. The lowest BCUT2D eigenvalue weighted by Gasteiger charge is -2.68. The summed E-state index contributed by atoms with van der Waals surface area (Å²) in [7, 11) is 0. The molecule has 3 aliphatic carbocycles. The van der Waals surface area contributed by atoms with Crippen LogP contribution in [0.25, 0.3) is 0 Å². The molecule has 2 aliphatic heterocycles. The zero-order valence-corrected chi connectivity index (χ0v) is 21.3. The van der Waals surface area contributed by atoms with Crippen LogP contribution < -0.4 is 0 Å². The van der Waals surface area contributed by atoms with Crippen molar-refractivity contribution in [2.45, 2.75) is 84.7 Å². The number of hydrogen-bond donors (Lipinski definition) is 0. The van der Waals surface area contributed by atoms with E-state index in [9.17, 15) is 14.4 Å². The Kier molecular flexibility index (Phi) is 4.38. The molecule has 6 rings (SSSR count). The summed E-state index contributed by atoms with van der Waals surface area (Å²) in [6.45, 7) is 12.0. The first-order chi connectivity index (χ1) is 16.3. The zero-order chi connectivity index (χ0) is 25.2. The molecule has 9 atom stereocenters. The first-order valence-electron chi connectivity index (χ1n) is 12.7. The molecule has 35 heavy (non-hydrogen) atoms. The highest BCUT2D eigenvalue weighted by Gasteiger charge is 2.88. The second-order valence-corrected chi connectivity index (χ2v) is 12.6. The summed E-state index contributed by atoms with van der Waals surface area (Å²) in [6.07, 6.45) is 7.46. The van der Waals surface area contributed by atoms with Crippen molar-refractivity contribution >= 4 is 17.7 Å². The number of furan rings is 1. The number of ketones is 1. The van der Waals surface area contributed by atoms with E-state index < -0.39 is 40.2 Å². The fraction of sp³-hybridized carbons (Fsp3) is 0.679. The SMILES string of the molecule is CC(=O)O[C@@H]1C[C@H]2C(C)(C)C(=O)C=C[C@@]2(C)[C@H]2CC[C@@]3(C)[C@@H](c4ccoc4)OC(=O)[C@H]4O[C@]43[C@@]21C. The summed E-state index contributed by atoms with van der Waals surface area (Å²) in [5.74, 6) is -0.603. The molecule has 188 valence electrons. The van der Waals surface area contributed by atoms with Crippen LogP contribution in [-0.2, 0) is 28.6 Å². The number of ether oxygens (including phenoxy) is 3. The molecule has 1 spiro atoms. The molecular weight excluding hydrogens is 448 g/mol. The van der Waals surface area contributed by atoms with Crippen molar-refractivity contribution in [3.63, 3.8) is 0 Å². The lowest BCUT2D eigenvalue weighted by Crippen LogP contribution is -2.72. The Morgan fingerprint density at radius 3 is 2.49 bits per heavy atom. The number of rotatable bonds is 2. The lowest BCUT2D eigenvalue weighted by atomic mass is 9.35. The monoisotopic (exact) mass is 482 g/mol. The van der Waals surface area contributed by atoms with Crippen molar-refractivity contribution in [3.05, 3.63) is 36.3 Å². The highest BCUT2D eigenvalue weighted by atomic mass is 16.7. The standard InChI is InChI=1S/C28H34O7/c1-15(29)33-20-13-18-24(2,3)19(30)8-10-25(18,4)17-7-11-26(5)21(16-9-12-32-14-16)34-23(31)22-28(26,35-22)27(17,20)6/h8-10,12,14,17-18,20-22H,7,11,13H2,1-6H3/t17-,18+,20-,21-,22-,25+,26+,27+,28-/m1/s1. The van der Waals surface area contributed by atoms with Gasteiger partial charge in [-0.25, -0.2) is 4.79 Å². The van der Waals surface area contributed by atoms with Gasteiger partial charge in [-0.3, -0.25) is 9.59 Å². The van der Waals surface area contributed by atoms with Gasteiger partial charge in [-0.2, -0.15) is 0 Å². The molecule has 2 saturated carbocycles. The maximum absolute atomic E-state index is 13.2. The van der Waals surface area contributed by atoms with Gasteiger partial charge in [0.15, 0.2) is 11.9 Å². The summed E-state index contributed by atoms with van der Waals surface area (Å²) in [5, 5.41) is 0. The van der Waals surface area contributed by atoms with Crippen LogP contribution in [0.15, 0.2) is 35.2 Å². The predicted molar refractivity (Wildman–Crippen MR) is 124 cm³/mol. The lowest BCUT2D eigenvalue weighted by molar-refractivity contribution is -0.251. The van der Waals surface area contributed by atoms with Crippen molar-refractivity contribution in [1.82, 2.24) is 0 Å². The number of hydrogen-bond acceptors (Lipinski definition) is 7. The summed E-state index contributed by atoms with van der Waals surface area (Å²) < 4.78 is 24.0. The molecule has 7 heteroatoms. The van der Waals surface area contributed by atoms with Gasteiger partial charge in [-0.15, -0.1) is 0 Å². The van der Waals surface area contributed by atoms with E-state index in [1.54, 1.807) is 18.6 Å². The van der Waals surface area contributed by atoms with Crippen LogP contribution in [0.5, 0.6) is 0 Å². The summed E-state index contributed by atoms with van der Waals surface area (Å²) in [5.41, 5.74) is -2.15. The van der Waals surface area contributed by atoms with Crippen LogP contribution in [0.2, 0.25) is 0 Å². The van der Waals surface area contributed by atoms with Gasteiger partial charge in [0.2, 0.25) is 0 Å². The third kappa shape index (κ3) is 2.48. The first-order valence-corrected chi connectivity index (χ1v) is 12.7. The molecule has 0 aromatic carbocycles. The highest BCUT2D eigenvalue weighted by Crippen LogP contribution is 2.79. The van der Waals surface area contributed by atoms with Crippen molar-refractivity contribution in [2.75, 3.05) is 0 Å². The maximum Gasteiger partial charge on any atom is 0.339 e. The van der Waals surface area contributed by atoms with Crippen molar-refractivity contribution in [3.8, 4) is 0 Å². The Hall–Kier alpha value is -2.41. The molecule has 0 radical (unpaired) electrons. The van der Waals surface area contributed by atoms with Gasteiger partial charge in [0.05, 0.1) is 12.5 Å². The normalized spacial score (nSPS) is 49.1. The zero-order valence-electron chi connectivity index (χ0n) is 21.3. The van der Waals surface area contributed by atoms with Gasteiger partial charge in [0, 0.05) is 28.7 Å². The second-order valence-electron chi connectivity index (χ2n) is 12.6. The summed E-state index contributed by atoms with van der Waals surface area (Å²) in [4.78, 5) is 38.6. The largest absolute Gasteiger partial charge is 0.472 e. The van der Waals surface area contributed by atoms with E-state index in [1.165, 1.54) is 6.92 Å². The van der Waals surface area contributed by atoms with Gasteiger partial charge in [0.25, 0.3) is 0 Å². The van der Waals surface area contributed by atoms with Gasteiger partial charge >= 0.3 is 11.9 Å².